The van der Waals surface area contributed by atoms with Gasteiger partial charge in [-0.15, -0.1) is 20.4 Å². The zero-order chi connectivity index (χ0) is 11.1. The first-order chi connectivity index (χ1) is 7.95. The van der Waals surface area contributed by atoms with Crippen molar-refractivity contribution in [2.24, 2.45) is 0 Å². The maximum atomic E-state index is 3.98. The Morgan fingerprint density at radius 2 is 1.38 bits per heavy atom. The lowest BCUT2D eigenvalue weighted by atomic mass is 10.4. The highest BCUT2D eigenvalue weighted by Gasteiger charge is 1.99. The summed E-state index contributed by atoms with van der Waals surface area (Å²) in [5.41, 5.74) is 3.54. The number of thioether (sulfide) groups is 2. The molecule has 0 bridgehead atoms. The normalized spacial score (nSPS) is 10.8. The first-order valence-electron chi connectivity index (χ1n) is 4.73. The Kier molecular flexibility index (Phi) is 5.53. The summed E-state index contributed by atoms with van der Waals surface area (Å²) in [6.45, 7) is 0. The van der Waals surface area contributed by atoms with E-state index >= 15 is 0 Å². The minimum absolute atomic E-state index is 1.07. The second-order valence-electron chi connectivity index (χ2n) is 2.81. The molecule has 86 valence electrons. The van der Waals surface area contributed by atoms with E-state index in [1.54, 1.807) is 57.2 Å². The van der Waals surface area contributed by atoms with Crippen LogP contribution in [-0.4, -0.2) is 31.9 Å². The number of nitrogens with zero attached hydrogens (tertiary/aromatic N) is 4. The Morgan fingerprint density at radius 3 is 1.75 bits per heavy atom. The summed E-state index contributed by atoms with van der Waals surface area (Å²) in [6, 6.07) is 0. The minimum atomic E-state index is 1.07. The molecule has 0 unspecified atom stereocenters. The van der Waals surface area contributed by atoms with Gasteiger partial charge in [0.1, 0.15) is 11.0 Å². The third kappa shape index (κ3) is 4.36. The average Bonchev–Trinajstić information content (AvgIpc) is 2.96. The first kappa shape index (κ1) is 12.3. The third-order valence-electron chi connectivity index (χ3n) is 1.67. The van der Waals surface area contributed by atoms with Crippen LogP contribution in [0.15, 0.2) is 19.7 Å². The first-order valence-corrected chi connectivity index (χ1v) is 8.46. The van der Waals surface area contributed by atoms with Crippen LogP contribution in [-0.2, 0) is 0 Å². The van der Waals surface area contributed by atoms with Crippen molar-refractivity contribution in [1.82, 2.24) is 20.4 Å². The lowest BCUT2D eigenvalue weighted by molar-refractivity contribution is 0.902. The van der Waals surface area contributed by atoms with Gasteiger partial charge in [0.25, 0.3) is 0 Å². The summed E-state index contributed by atoms with van der Waals surface area (Å²) in [5.74, 6) is 2.23. The van der Waals surface area contributed by atoms with Crippen LogP contribution in [0.25, 0.3) is 0 Å². The predicted molar refractivity (Wildman–Crippen MR) is 70.5 cm³/mol. The van der Waals surface area contributed by atoms with Crippen LogP contribution in [0.3, 0.4) is 0 Å². The molecule has 2 rings (SSSR count). The standard InChI is InChI=1S/C8H10N4S4/c1(3-13-7-11-9-5-15-7)2-4-14-8-12-10-6-16-8/h5-6H,1-4H2. The van der Waals surface area contributed by atoms with Crippen LogP contribution in [0, 0.1) is 0 Å². The number of rotatable bonds is 7. The third-order valence-corrected chi connectivity index (χ3v) is 5.56. The minimum Gasteiger partial charge on any atom is -0.146 e. The van der Waals surface area contributed by atoms with Gasteiger partial charge in [-0.05, 0) is 12.8 Å². The SMILES string of the molecule is c1nnc(SCCCCSc2nncs2)s1. The monoisotopic (exact) mass is 290 g/mol. The highest BCUT2D eigenvalue weighted by molar-refractivity contribution is 8.01. The molecule has 2 heterocycles. The molecule has 0 spiro atoms. The summed E-state index contributed by atoms with van der Waals surface area (Å²) >= 11 is 6.78. The molecular formula is C8H10N4S4. The van der Waals surface area contributed by atoms with Gasteiger partial charge in [-0.25, -0.2) is 0 Å². The lowest BCUT2D eigenvalue weighted by Crippen LogP contribution is -1.84. The molecule has 8 heteroatoms. The van der Waals surface area contributed by atoms with E-state index in [0.717, 1.165) is 20.2 Å². The quantitative estimate of drug-likeness (QED) is 0.577. The van der Waals surface area contributed by atoms with Crippen LogP contribution < -0.4 is 0 Å². The summed E-state index contributed by atoms with van der Waals surface area (Å²) in [7, 11) is 0. The fourth-order valence-corrected chi connectivity index (χ4v) is 4.09. The number of hydrogen-bond acceptors (Lipinski definition) is 8. The van der Waals surface area contributed by atoms with E-state index in [1.165, 1.54) is 12.8 Å². The van der Waals surface area contributed by atoms with Crippen molar-refractivity contribution < 1.29 is 0 Å². The van der Waals surface area contributed by atoms with Crippen molar-refractivity contribution in [2.75, 3.05) is 11.5 Å². The zero-order valence-corrected chi connectivity index (χ0v) is 11.7. The largest absolute Gasteiger partial charge is 0.174 e. The molecule has 0 aliphatic heterocycles. The molecule has 0 N–H and O–H groups in total. The predicted octanol–water partition coefficient (Wildman–Crippen LogP) is 3.05. The van der Waals surface area contributed by atoms with E-state index in [-0.39, 0.29) is 0 Å². The molecule has 0 saturated carbocycles. The van der Waals surface area contributed by atoms with Crippen LogP contribution in [0.2, 0.25) is 0 Å². The van der Waals surface area contributed by atoms with E-state index in [1.807, 2.05) is 0 Å². The number of aromatic nitrogens is 4. The summed E-state index contributed by atoms with van der Waals surface area (Å²) in [6.07, 6.45) is 2.41. The molecule has 16 heavy (non-hydrogen) atoms. The molecule has 2 aromatic heterocycles. The van der Waals surface area contributed by atoms with Crippen LogP contribution in [0.4, 0.5) is 0 Å². The van der Waals surface area contributed by atoms with E-state index < -0.39 is 0 Å². The van der Waals surface area contributed by atoms with Crippen molar-refractivity contribution in [3.8, 4) is 0 Å². The molecule has 0 aliphatic carbocycles. The molecule has 0 atom stereocenters. The molecule has 0 fully saturated rings. The Labute approximate surface area is 110 Å². The molecule has 0 aromatic carbocycles. The molecule has 2 aromatic rings. The van der Waals surface area contributed by atoms with Gasteiger partial charge in [0.05, 0.1) is 0 Å². The van der Waals surface area contributed by atoms with Gasteiger partial charge in [0.2, 0.25) is 0 Å². The van der Waals surface area contributed by atoms with E-state index in [4.69, 9.17) is 0 Å². The van der Waals surface area contributed by atoms with Gasteiger partial charge < -0.3 is 0 Å². The van der Waals surface area contributed by atoms with Gasteiger partial charge in [0, 0.05) is 11.5 Å². The van der Waals surface area contributed by atoms with Gasteiger partial charge in [-0.1, -0.05) is 46.2 Å². The molecule has 0 aliphatic rings. The summed E-state index contributed by atoms with van der Waals surface area (Å²) in [4.78, 5) is 0. The topological polar surface area (TPSA) is 51.6 Å². The average molecular weight is 290 g/mol. The van der Waals surface area contributed by atoms with Crippen molar-refractivity contribution in [3.63, 3.8) is 0 Å². The Morgan fingerprint density at radius 1 is 0.875 bits per heavy atom. The maximum Gasteiger partial charge on any atom is 0.174 e. The van der Waals surface area contributed by atoms with E-state index in [0.29, 0.717) is 0 Å². The van der Waals surface area contributed by atoms with Crippen LogP contribution in [0.5, 0.6) is 0 Å². The highest BCUT2D eigenvalue weighted by atomic mass is 32.2. The maximum absolute atomic E-state index is 3.98. The fraction of sp³-hybridized carbons (Fsp3) is 0.500. The van der Waals surface area contributed by atoms with Crippen molar-refractivity contribution in [3.05, 3.63) is 11.0 Å². The fourth-order valence-electron chi connectivity index (χ4n) is 0.975. The van der Waals surface area contributed by atoms with Crippen LogP contribution >= 0.6 is 46.2 Å². The zero-order valence-electron chi connectivity index (χ0n) is 8.40. The molecule has 4 nitrogen and oxygen atoms in total. The van der Waals surface area contributed by atoms with Crippen molar-refractivity contribution in [1.29, 1.82) is 0 Å². The van der Waals surface area contributed by atoms with E-state index in [9.17, 15) is 0 Å². The van der Waals surface area contributed by atoms with Crippen molar-refractivity contribution >= 4 is 46.2 Å². The molecular weight excluding hydrogens is 280 g/mol. The van der Waals surface area contributed by atoms with Gasteiger partial charge >= 0.3 is 0 Å². The van der Waals surface area contributed by atoms with Crippen molar-refractivity contribution in [2.45, 2.75) is 21.5 Å². The van der Waals surface area contributed by atoms with E-state index in [2.05, 4.69) is 20.4 Å². The second kappa shape index (κ2) is 7.21. The van der Waals surface area contributed by atoms with Gasteiger partial charge in [0.15, 0.2) is 8.68 Å². The smallest absolute Gasteiger partial charge is 0.146 e. The summed E-state index contributed by atoms with van der Waals surface area (Å²) < 4.78 is 2.13. The lowest BCUT2D eigenvalue weighted by Gasteiger charge is -1.97. The van der Waals surface area contributed by atoms with Gasteiger partial charge in [-0.3, -0.25) is 0 Å². The summed E-state index contributed by atoms with van der Waals surface area (Å²) in [5, 5.41) is 15.6. The Hall–Kier alpha value is -0.180. The second-order valence-corrected chi connectivity index (χ2v) is 7.16. The highest BCUT2D eigenvalue weighted by Crippen LogP contribution is 2.23. The number of hydrogen-bond donors (Lipinski definition) is 0. The Balaban J connectivity index is 1.49. The van der Waals surface area contributed by atoms with Gasteiger partial charge in [-0.2, -0.15) is 0 Å². The molecule has 0 amide bonds. The Bertz CT molecular complexity index is 336. The molecule has 0 radical (unpaired) electrons. The number of unbranched alkanes of at least 4 members (excludes halogenated alkanes) is 1. The van der Waals surface area contributed by atoms with Crippen LogP contribution in [0.1, 0.15) is 12.8 Å². The molecule has 0 saturated heterocycles.